The number of piperazine rings is 1. The second-order valence-corrected chi connectivity index (χ2v) is 7.11. The van der Waals surface area contributed by atoms with Crippen LogP contribution in [0.4, 0.5) is 10.5 Å². The van der Waals surface area contributed by atoms with Crippen LogP contribution in [-0.4, -0.2) is 50.8 Å². The van der Waals surface area contributed by atoms with Crippen molar-refractivity contribution in [3.8, 4) is 5.75 Å². The number of rotatable bonds is 5. The molecule has 144 valence electrons. The number of benzene rings is 2. The van der Waals surface area contributed by atoms with Crippen LogP contribution in [0, 0.1) is 6.92 Å². The van der Waals surface area contributed by atoms with Crippen molar-refractivity contribution in [3.63, 3.8) is 0 Å². The summed E-state index contributed by atoms with van der Waals surface area (Å²) in [7, 11) is 1.66. The van der Waals surface area contributed by atoms with Crippen LogP contribution in [0.2, 0.25) is 5.02 Å². The van der Waals surface area contributed by atoms with Gasteiger partial charge in [-0.25, -0.2) is 4.79 Å². The van der Waals surface area contributed by atoms with Gasteiger partial charge in [0.05, 0.1) is 7.11 Å². The topological polar surface area (TPSA) is 44.8 Å². The highest BCUT2D eigenvalue weighted by atomic mass is 35.5. The first-order chi connectivity index (χ1) is 13.1. The van der Waals surface area contributed by atoms with Crippen molar-refractivity contribution >= 4 is 23.3 Å². The van der Waals surface area contributed by atoms with Crippen molar-refractivity contribution in [1.29, 1.82) is 0 Å². The second kappa shape index (κ2) is 9.00. The molecule has 0 bridgehead atoms. The minimum atomic E-state index is -0.00788. The van der Waals surface area contributed by atoms with Crippen molar-refractivity contribution in [2.75, 3.05) is 44.7 Å². The summed E-state index contributed by atoms with van der Waals surface area (Å²) in [4.78, 5) is 16.6. The smallest absolute Gasteiger partial charge is 0.317 e. The predicted molar refractivity (Wildman–Crippen MR) is 110 cm³/mol. The third kappa shape index (κ3) is 4.86. The summed E-state index contributed by atoms with van der Waals surface area (Å²) in [5.74, 6) is 0.858. The molecule has 0 radical (unpaired) electrons. The maximum atomic E-state index is 12.4. The molecule has 2 aromatic carbocycles. The lowest BCUT2D eigenvalue weighted by Gasteiger charge is -2.36. The molecule has 1 aliphatic heterocycles. The number of halogens is 1. The van der Waals surface area contributed by atoms with Crippen molar-refractivity contribution in [3.05, 3.63) is 58.6 Å². The number of aryl methyl sites for hydroxylation is 1. The molecule has 27 heavy (non-hydrogen) atoms. The Kier molecular flexibility index (Phi) is 6.45. The van der Waals surface area contributed by atoms with Gasteiger partial charge >= 0.3 is 6.03 Å². The fraction of sp³-hybridized carbons (Fsp3) is 0.381. The van der Waals surface area contributed by atoms with Crippen LogP contribution in [0.25, 0.3) is 0 Å². The molecule has 5 nitrogen and oxygen atoms in total. The number of amides is 2. The molecule has 6 heteroatoms. The van der Waals surface area contributed by atoms with Gasteiger partial charge in [-0.15, -0.1) is 0 Å². The summed E-state index contributed by atoms with van der Waals surface area (Å²) < 4.78 is 5.35. The van der Waals surface area contributed by atoms with Gasteiger partial charge in [0.15, 0.2) is 0 Å². The largest absolute Gasteiger partial charge is 0.496 e. The van der Waals surface area contributed by atoms with Crippen LogP contribution in [0.15, 0.2) is 42.5 Å². The lowest BCUT2D eigenvalue weighted by atomic mass is 10.1. The van der Waals surface area contributed by atoms with E-state index in [1.807, 2.05) is 48.2 Å². The molecular formula is C21H26ClN3O2. The monoisotopic (exact) mass is 387 g/mol. The Labute approximate surface area is 165 Å². The Morgan fingerprint density at radius 1 is 1.15 bits per heavy atom. The maximum absolute atomic E-state index is 12.4. The van der Waals surface area contributed by atoms with E-state index in [0.717, 1.165) is 47.1 Å². The third-order valence-corrected chi connectivity index (χ3v) is 5.36. The molecule has 1 aliphatic rings. The molecule has 1 saturated heterocycles. The van der Waals surface area contributed by atoms with Crippen LogP contribution in [-0.2, 0) is 6.42 Å². The summed E-state index contributed by atoms with van der Waals surface area (Å²) in [5.41, 5.74) is 3.29. The first kappa shape index (κ1) is 19.4. The standard InChI is InChI=1S/C21H26ClN3O2/c1-16-7-8-18(15-19(16)22)24-11-13-25(14-12-24)21(26)23-10-9-17-5-3-4-6-20(17)27-2/h3-8,15H,9-14H2,1-2H3,(H,23,26). The van der Waals surface area contributed by atoms with Gasteiger partial charge in [-0.2, -0.15) is 0 Å². The number of para-hydroxylation sites is 1. The number of nitrogens with zero attached hydrogens (tertiary/aromatic N) is 2. The molecule has 0 unspecified atom stereocenters. The number of hydrogen-bond acceptors (Lipinski definition) is 3. The Morgan fingerprint density at radius 3 is 2.59 bits per heavy atom. The zero-order valence-electron chi connectivity index (χ0n) is 15.9. The zero-order valence-corrected chi connectivity index (χ0v) is 16.6. The SMILES string of the molecule is COc1ccccc1CCNC(=O)N1CCN(c2ccc(C)c(Cl)c2)CC1. The molecule has 1 fully saturated rings. The number of urea groups is 1. The molecule has 0 spiro atoms. The Balaban J connectivity index is 1.46. The average Bonchev–Trinajstić information content (AvgIpc) is 2.70. The summed E-state index contributed by atoms with van der Waals surface area (Å²) >= 11 is 6.23. The van der Waals surface area contributed by atoms with Crippen LogP contribution >= 0.6 is 11.6 Å². The Bertz CT molecular complexity index is 789. The van der Waals surface area contributed by atoms with Gasteiger partial charge in [-0.05, 0) is 42.7 Å². The Hall–Kier alpha value is -2.40. The van der Waals surface area contributed by atoms with E-state index in [-0.39, 0.29) is 6.03 Å². The van der Waals surface area contributed by atoms with Crippen LogP contribution in [0.5, 0.6) is 5.75 Å². The van der Waals surface area contributed by atoms with Gasteiger partial charge in [0, 0.05) is 43.4 Å². The highest BCUT2D eigenvalue weighted by Crippen LogP contribution is 2.24. The van der Waals surface area contributed by atoms with Gasteiger partial charge in [-0.1, -0.05) is 35.9 Å². The van der Waals surface area contributed by atoms with Gasteiger partial charge in [0.25, 0.3) is 0 Å². The number of nitrogens with one attached hydrogen (secondary N) is 1. The van der Waals surface area contributed by atoms with E-state index in [9.17, 15) is 4.79 Å². The number of carbonyl (C=O) groups is 1. The van der Waals surface area contributed by atoms with E-state index >= 15 is 0 Å². The van der Waals surface area contributed by atoms with Crippen molar-refractivity contribution < 1.29 is 9.53 Å². The van der Waals surface area contributed by atoms with Gasteiger partial charge < -0.3 is 19.9 Å². The van der Waals surface area contributed by atoms with E-state index in [2.05, 4.69) is 16.3 Å². The van der Waals surface area contributed by atoms with E-state index in [4.69, 9.17) is 16.3 Å². The molecule has 0 saturated carbocycles. The summed E-state index contributed by atoms with van der Waals surface area (Å²) in [5, 5.41) is 3.80. The van der Waals surface area contributed by atoms with Crippen molar-refractivity contribution in [2.24, 2.45) is 0 Å². The minimum Gasteiger partial charge on any atom is -0.496 e. The minimum absolute atomic E-state index is 0.00788. The first-order valence-electron chi connectivity index (χ1n) is 9.24. The molecule has 0 atom stereocenters. The number of hydrogen-bond donors (Lipinski definition) is 1. The zero-order chi connectivity index (χ0) is 19.2. The molecule has 0 aromatic heterocycles. The van der Waals surface area contributed by atoms with E-state index in [1.54, 1.807) is 7.11 Å². The fourth-order valence-corrected chi connectivity index (χ4v) is 3.45. The summed E-state index contributed by atoms with van der Waals surface area (Å²) in [6.45, 7) is 5.60. The molecule has 0 aliphatic carbocycles. The highest BCUT2D eigenvalue weighted by molar-refractivity contribution is 6.31. The van der Waals surface area contributed by atoms with Gasteiger partial charge in [0.1, 0.15) is 5.75 Å². The predicted octanol–water partition coefficient (Wildman–Crippen LogP) is 3.73. The Morgan fingerprint density at radius 2 is 1.89 bits per heavy atom. The van der Waals surface area contributed by atoms with E-state index in [1.165, 1.54) is 0 Å². The van der Waals surface area contributed by atoms with Crippen LogP contribution in [0.3, 0.4) is 0 Å². The van der Waals surface area contributed by atoms with Crippen molar-refractivity contribution in [2.45, 2.75) is 13.3 Å². The summed E-state index contributed by atoms with van der Waals surface area (Å²) in [6.07, 6.45) is 0.748. The maximum Gasteiger partial charge on any atom is 0.317 e. The number of ether oxygens (including phenoxy) is 1. The van der Waals surface area contributed by atoms with Crippen LogP contribution in [0.1, 0.15) is 11.1 Å². The number of methoxy groups -OCH3 is 1. The van der Waals surface area contributed by atoms with Gasteiger partial charge in [0.2, 0.25) is 0 Å². The average molecular weight is 388 g/mol. The van der Waals surface area contributed by atoms with Crippen molar-refractivity contribution in [1.82, 2.24) is 10.2 Å². The fourth-order valence-electron chi connectivity index (χ4n) is 3.27. The molecule has 3 rings (SSSR count). The lowest BCUT2D eigenvalue weighted by Crippen LogP contribution is -2.52. The summed E-state index contributed by atoms with van der Waals surface area (Å²) in [6, 6.07) is 14.0. The molecule has 1 heterocycles. The second-order valence-electron chi connectivity index (χ2n) is 6.70. The lowest BCUT2D eigenvalue weighted by molar-refractivity contribution is 0.194. The molecular weight excluding hydrogens is 362 g/mol. The number of anilines is 1. The van der Waals surface area contributed by atoms with E-state index < -0.39 is 0 Å². The quantitative estimate of drug-likeness (QED) is 0.850. The van der Waals surface area contributed by atoms with Gasteiger partial charge in [-0.3, -0.25) is 0 Å². The number of carbonyl (C=O) groups excluding carboxylic acids is 1. The molecule has 2 aromatic rings. The molecule has 2 amide bonds. The first-order valence-corrected chi connectivity index (χ1v) is 9.62. The van der Waals surface area contributed by atoms with Crippen LogP contribution < -0.4 is 15.0 Å². The normalized spacial score (nSPS) is 14.2. The molecule has 1 N–H and O–H groups in total. The van der Waals surface area contributed by atoms with E-state index in [0.29, 0.717) is 19.6 Å². The third-order valence-electron chi connectivity index (χ3n) is 4.95. The highest BCUT2D eigenvalue weighted by Gasteiger charge is 2.21.